The number of benzene rings is 1. The van der Waals surface area contributed by atoms with Crippen molar-refractivity contribution in [2.75, 3.05) is 18.1 Å². The molecule has 1 amide bonds. The lowest BCUT2D eigenvalue weighted by Crippen LogP contribution is -2.42. The maximum Gasteiger partial charge on any atom is 0.313 e. The van der Waals surface area contributed by atoms with Gasteiger partial charge in [0.1, 0.15) is 0 Å². The van der Waals surface area contributed by atoms with Crippen molar-refractivity contribution in [2.45, 2.75) is 37.8 Å². The summed E-state index contributed by atoms with van der Waals surface area (Å²) in [7, 11) is 0. The number of carbonyl (C=O) groups excluding carboxylic acids is 1. The number of likely N-dealkylation sites (tertiary alicyclic amines) is 1. The van der Waals surface area contributed by atoms with E-state index in [-0.39, 0.29) is 17.7 Å². The molecule has 0 aliphatic carbocycles. The number of carboxylic acid groups (broad SMARTS) is 1. The molecule has 5 nitrogen and oxygen atoms in total. The molecule has 1 fully saturated rings. The fourth-order valence-electron chi connectivity index (χ4n) is 2.91. The predicted molar refractivity (Wildman–Crippen MR) is 107 cm³/mol. The van der Waals surface area contributed by atoms with E-state index in [2.05, 4.69) is 11.8 Å². The van der Waals surface area contributed by atoms with Gasteiger partial charge in [-0.3, -0.25) is 9.59 Å². The summed E-state index contributed by atoms with van der Waals surface area (Å²) in [6, 6.07) is 9.73. The average molecular weight is 388 g/mol. The van der Waals surface area contributed by atoms with Crippen molar-refractivity contribution in [3.8, 4) is 11.8 Å². The van der Waals surface area contributed by atoms with Gasteiger partial charge in [-0.25, -0.2) is 0 Å². The van der Waals surface area contributed by atoms with Crippen molar-refractivity contribution in [1.29, 1.82) is 0 Å². The second-order valence-electron chi connectivity index (χ2n) is 6.36. The second kappa shape index (κ2) is 11.5. The Balaban J connectivity index is 1.87. The lowest BCUT2D eigenvalue weighted by atomic mass is 9.99. The van der Waals surface area contributed by atoms with Crippen molar-refractivity contribution in [3.05, 3.63) is 48.0 Å². The summed E-state index contributed by atoms with van der Waals surface area (Å²) < 4.78 is 0. The SMILES string of the molecule is O=C(O)CSCC#CCN1C(=O)CCC[C@@H]1/C=C/C(O)Cc1ccccc1. The number of thioether (sulfide) groups is 1. The van der Waals surface area contributed by atoms with Crippen LogP contribution in [0.4, 0.5) is 0 Å². The zero-order valence-electron chi connectivity index (χ0n) is 15.2. The highest BCUT2D eigenvalue weighted by molar-refractivity contribution is 8.00. The van der Waals surface area contributed by atoms with Gasteiger partial charge in [-0.15, -0.1) is 11.8 Å². The fourth-order valence-corrected chi connectivity index (χ4v) is 3.39. The van der Waals surface area contributed by atoms with Crippen molar-refractivity contribution in [3.63, 3.8) is 0 Å². The average Bonchev–Trinajstić information content (AvgIpc) is 2.65. The Kier molecular flexibility index (Phi) is 8.96. The third kappa shape index (κ3) is 7.90. The molecule has 0 saturated carbocycles. The van der Waals surface area contributed by atoms with Gasteiger partial charge in [0.2, 0.25) is 5.91 Å². The standard InChI is InChI=1S/C21H25NO4S/c23-19(15-17-7-2-1-3-8-17)12-11-18-9-6-10-20(24)22(18)13-4-5-14-27-16-21(25)26/h1-3,7-8,11-12,18-19,23H,6,9-10,13-16H2,(H,25,26)/b12-11+/t18-,19?/m1/s1. The molecule has 1 heterocycles. The fraction of sp³-hybridized carbons (Fsp3) is 0.429. The molecular formula is C21H25NO4S. The summed E-state index contributed by atoms with van der Waals surface area (Å²) in [5.41, 5.74) is 1.07. The molecule has 6 heteroatoms. The number of aliphatic carboxylic acids is 1. The number of hydrogen-bond acceptors (Lipinski definition) is 4. The number of piperidine rings is 1. The van der Waals surface area contributed by atoms with Crippen LogP contribution in [0.2, 0.25) is 0 Å². The Morgan fingerprint density at radius 1 is 1.33 bits per heavy atom. The molecule has 2 rings (SSSR count). The highest BCUT2D eigenvalue weighted by Gasteiger charge is 2.25. The van der Waals surface area contributed by atoms with Crippen LogP contribution in [0, 0.1) is 11.8 Å². The highest BCUT2D eigenvalue weighted by Crippen LogP contribution is 2.19. The Morgan fingerprint density at radius 2 is 2.11 bits per heavy atom. The molecule has 1 saturated heterocycles. The minimum Gasteiger partial charge on any atom is -0.481 e. The number of rotatable bonds is 8. The van der Waals surface area contributed by atoms with E-state index in [1.807, 2.05) is 36.4 Å². The number of aliphatic hydroxyl groups is 1. The number of nitrogens with zero attached hydrogens (tertiary/aromatic N) is 1. The number of carbonyl (C=O) groups is 2. The van der Waals surface area contributed by atoms with Crippen molar-refractivity contribution >= 4 is 23.6 Å². The van der Waals surface area contributed by atoms with Crippen LogP contribution in [-0.4, -0.2) is 57.2 Å². The molecule has 2 atom stereocenters. The first-order valence-electron chi connectivity index (χ1n) is 9.01. The zero-order valence-corrected chi connectivity index (χ0v) is 16.0. The van der Waals surface area contributed by atoms with Crippen LogP contribution < -0.4 is 0 Å². The molecule has 144 valence electrons. The first-order valence-corrected chi connectivity index (χ1v) is 10.2. The number of amides is 1. The molecule has 27 heavy (non-hydrogen) atoms. The van der Waals surface area contributed by atoms with E-state index in [0.29, 0.717) is 25.1 Å². The third-order valence-corrected chi connectivity index (χ3v) is 5.03. The van der Waals surface area contributed by atoms with Crippen molar-refractivity contribution in [2.24, 2.45) is 0 Å². The summed E-state index contributed by atoms with van der Waals surface area (Å²) in [6.45, 7) is 0.330. The molecule has 1 aromatic rings. The van der Waals surface area contributed by atoms with E-state index < -0.39 is 12.1 Å². The summed E-state index contributed by atoms with van der Waals surface area (Å²) in [6.07, 6.45) is 5.83. The van der Waals surface area contributed by atoms with Crippen LogP contribution in [-0.2, 0) is 16.0 Å². The zero-order chi connectivity index (χ0) is 19.5. The Labute approximate surface area is 164 Å². The van der Waals surface area contributed by atoms with Crippen molar-refractivity contribution in [1.82, 2.24) is 4.90 Å². The van der Waals surface area contributed by atoms with E-state index in [4.69, 9.17) is 5.11 Å². The molecule has 2 N–H and O–H groups in total. The largest absolute Gasteiger partial charge is 0.481 e. The molecule has 1 unspecified atom stereocenters. The van der Waals surface area contributed by atoms with Crippen LogP contribution >= 0.6 is 11.8 Å². The van der Waals surface area contributed by atoms with E-state index in [1.165, 1.54) is 11.8 Å². The van der Waals surface area contributed by atoms with Crippen LogP contribution in [0.25, 0.3) is 0 Å². The van der Waals surface area contributed by atoms with Gasteiger partial charge in [-0.05, 0) is 18.4 Å². The van der Waals surface area contributed by atoms with Crippen LogP contribution in [0.1, 0.15) is 24.8 Å². The maximum atomic E-state index is 12.2. The molecule has 1 aliphatic heterocycles. The predicted octanol–water partition coefficient (Wildman–Crippen LogP) is 2.35. The number of carboxylic acids is 1. The van der Waals surface area contributed by atoms with Crippen molar-refractivity contribution < 1.29 is 19.8 Å². The van der Waals surface area contributed by atoms with Gasteiger partial charge >= 0.3 is 5.97 Å². The Bertz CT molecular complexity index is 708. The van der Waals surface area contributed by atoms with E-state index in [9.17, 15) is 14.7 Å². The Hall–Kier alpha value is -2.23. The van der Waals surface area contributed by atoms with E-state index in [1.54, 1.807) is 11.0 Å². The van der Waals surface area contributed by atoms with Gasteiger partial charge in [0.15, 0.2) is 0 Å². The quantitative estimate of drug-likeness (QED) is 0.407. The summed E-state index contributed by atoms with van der Waals surface area (Å²) in [5, 5.41) is 18.8. The van der Waals surface area contributed by atoms with Gasteiger partial charge in [0, 0.05) is 12.8 Å². The molecule has 0 radical (unpaired) electrons. The minimum absolute atomic E-state index is 0.0298. The lowest BCUT2D eigenvalue weighted by Gasteiger charge is -2.32. The topological polar surface area (TPSA) is 77.8 Å². The van der Waals surface area contributed by atoms with E-state index >= 15 is 0 Å². The molecule has 0 aromatic heterocycles. The van der Waals surface area contributed by atoms with Gasteiger partial charge in [0.25, 0.3) is 0 Å². The molecule has 1 aliphatic rings. The molecule has 0 bridgehead atoms. The highest BCUT2D eigenvalue weighted by atomic mass is 32.2. The number of hydrogen-bond donors (Lipinski definition) is 2. The summed E-state index contributed by atoms with van der Waals surface area (Å²) >= 11 is 1.24. The van der Waals surface area contributed by atoms with E-state index in [0.717, 1.165) is 18.4 Å². The van der Waals surface area contributed by atoms with Crippen LogP contribution in [0.15, 0.2) is 42.5 Å². The van der Waals surface area contributed by atoms with Gasteiger partial charge < -0.3 is 15.1 Å². The normalized spacial score (nSPS) is 18.2. The smallest absolute Gasteiger partial charge is 0.313 e. The maximum absolute atomic E-state index is 12.2. The molecular weight excluding hydrogens is 362 g/mol. The van der Waals surface area contributed by atoms with Crippen LogP contribution in [0.5, 0.6) is 0 Å². The van der Waals surface area contributed by atoms with Gasteiger partial charge in [0.05, 0.1) is 30.2 Å². The van der Waals surface area contributed by atoms with Gasteiger partial charge in [-0.2, -0.15) is 0 Å². The summed E-state index contributed by atoms with van der Waals surface area (Å²) in [5.74, 6) is 5.55. The number of aliphatic hydroxyl groups excluding tert-OH is 1. The third-order valence-electron chi connectivity index (χ3n) is 4.23. The first-order chi connectivity index (χ1) is 13.1. The molecule has 1 aromatic carbocycles. The minimum atomic E-state index is -0.854. The molecule has 0 spiro atoms. The first kappa shape index (κ1) is 21.1. The van der Waals surface area contributed by atoms with Gasteiger partial charge in [-0.1, -0.05) is 54.3 Å². The second-order valence-corrected chi connectivity index (χ2v) is 7.35. The lowest BCUT2D eigenvalue weighted by molar-refractivity contribution is -0.135. The monoisotopic (exact) mass is 387 g/mol. The van der Waals surface area contributed by atoms with Crippen LogP contribution in [0.3, 0.4) is 0 Å². The Morgan fingerprint density at radius 3 is 2.85 bits per heavy atom. The summed E-state index contributed by atoms with van der Waals surface area (Å²) in [4.78, 5) is 24.4.